The summed E-state index contributed by atoms with van der Waals surface area (Å²) in [6.45, 7) is 1.82. The zero-order valence-corrected chi connectivity index (χ0v) is 19.1. The molecule has 0 bridgehead atoms. The van der Waals surface area contributed by atoms with Crippen LogP contribution in [0.15, 0.2) is 71.6 Å². The fraction of sp³-hybridized carbons (Fsp3) is 0.130. The molecule has 8 heteroatoms. The molecular formula is C23H20Cl2N2O3S. The molecule has 160 valence electrons. The summed E-state index contributed by atoms with van der Waals surface area (Å²) >= 11 is 13.4. The summed E-state index contributed by atoms with van der Waals surface area (Å²) in [7, 11) is 1.58. The summed E-state index contributed by atoms with van der Waals surface area (Å²) in [6.07, 6.45) is 0. The van der Waals surface area contributed by atoms with Crippen LogP contribution in [0.4, 0.5) is 11.4 Å². The first kappa shape index (κ1) is 23.0. The number of ether oxygens (including phenoxy) is 1. The minimum Gasteiger partial charge on any atom is -0.497 e. The fourth-order valence-electron chi connectivity index (χ4n) is 2.72. The maximum atomic E-state index is 12.6. The lowest BCUT2D eigenvalue weighted by Crippen LogP contribution is -2.22. The van der Waals surface area contributed by atoms with Crippen molar-refractivity contribution in [3.63, 3.8) is 0 Å². The van der Waals surface area contributed by atoms with Gasteiger partial charge in [0.15, 0.2) is 0 Å². The first-order valence-electron chi connectivity index (χ1n) is 9.34. The van der Waals surface area contributed by atoms with Crippen molar-refractivity contribution >= 4 is 58.2 Å². The molecule has 2 amide bonds. The lowest BCUT2D eigenvalue weighted by Gasteiger charge is -2.14. The van der Waals surface area contributed by atoms with Gasteiger partial charge in [-0.15, -0.1) is 11.8 Å². The van der Waals surface area contributed by atoms with Gasteiger partial charge in [0.05, 0.1) is 22.9 Å². The highest BCUT2D eigenvalue weighted by Crippen LogP contribution is 2.28. The number of benzene rings is 3. The van der Waals surface area contributed by atoms with Crippen LogP contribution >= 0.6 is 35.0 Å². The van der Waals surface area contributed by atoms with Crippen molar-refractivity contribution in [2.45, 2.75) is 17.1 Å². The quantitative estimate of drug-likeness (QED) is 0.390. The van der Waals surface area contributed by atoms with Gasteiger partial charge in [-0.3, -0.25) is 9.59 Å². The van der Waals surface area contributed by atoms with Crippen LogP contribution < -0.4 is 15.4 Å². The number of carbonyl (C=O) groups excluding carboxylic acids is 2. The van der Waals surface area contributed by atoms with Crippen molar-refractivity contribution < 1.29 is 14.3 Å². The SMILES string of the molecule is COc1cccc(NC(=O)C(C)Sc2cccc(NC(=O)c3ccc(Cl)cc3Cl)c2)c1. The third-order valence-corrected chi connectivity index (χ3v) is 5.93. The van der Waals surface area contributed by atoms with E-state index in [0.717, 1.165) is 4.90 Å². The van der Waals surface area contributed by atoms with Gasteiger partial charge < -0.3 is 15.4 Å². The molecule has 0 aromatic heterocycles. The maximum absolute atomic E-state index is 12.6. The van der Waals surface area contributed by atoms with Crippen molar-refractivity contribution in [2.75, 3.05) is 17.7 Å². The van der Waals surface area contributed by atoms with E-state index in [4.69, 9.17) is 27.9 Å². The summed E-state index contributed by atoms with van der Waals surface area (Å²) < 4.78 is 5.18. The summed E-state index contributed by atoms with van der Waals surface area (Å²) in [5.74, 6) is 0.190. The fourth-order valence-corrected chi connectivity index (χ4v) is 4.14. The number of thioether (sulfide) groups is 1. The van der Waals surface area contributed by atoms with Gasteiger partial charge >= 0.3 is 0 Å². The van der Waals surface area contributed by atoms with Crippen LogP contribution in [-0.2, 0) is 4.79 Å². The van der Waals surface area contributed by atoms with Crippen LogP contribution in [0.5, 0.6) is 5.75 Å². The number of hydrogen-bond acceptors (Lipinski definition) is 4. The molecule has 0 aliphatic heterocycles. The molecule has 31 heavy (non-hydrogen) atoms. The first-order valence-corrected chi connectivity index (χ1v) is 11.0. The Balaban J connectivity index is 1.64. The van der Waals surface area contributed by atoms with Gasteiger partial charge in [0, 0.05) is 27.4 Å². The van der Waals surface area contributed by atoms with Crippen LogP contribution in [0, 0.1) is 0 Å². The van der Waals surface area contributed by atoms with Crippen LogP contribution in [0.1, 0.15) is 17.3 Å². The van der Waals surface area contributed by atoms with E-state index in [0.29, 0.717) is 27.7 Å². The van der Waals surface area contributed by atoms with E-state index in [2.05, 4.69) is 10.6 Å². The first-order chi connectivity index (χ1) is 14.9. The van der Waals surface area contributed by atoms with Gasteiger partial charge in [0.25, 0.3) is 5.91 Å². The lowest BCUT2D eigenvalue weighted by molar-refractivity contribution is -0.115. The number of anilines is 2. The predicted octanol–water partition coefficient (Wildman–Crippen LogP) is 6.37. The molecule has 0 aliphatic carbocycles. The molecule has 0 fully saturated rings. The number of carbonyl (C=O) groups is 2. The summed E-state index contributed by atoms with van der Waals surface area (Å²) in [5.41, 5.74) is 1.59. The summed E-state index contributed by atoms with van der Waals surface area (Å²) in [5, 5.41) is 6.08. The Kier molecular flexibility index (Phi) is 7.85. The highest BCUT2D eigenvalue weighted by molar-refractivity contribution is 8.00. The molecule has 1 unspecified atom stereocenters. The van der Waals surface area contributed by atoms with Crippen LogP contribution in [0.25, 0.3) is 0 Å². The normalized spacial score (nSPS) is 11.5. The summed E-state index contributed by atoms with van der Waals surface area (Å²) in [4.78, 5) is 25.9. The molecule has 0 saturated heterocycles. The van der Waals surface area contributed by atoms with Gasteiger partial charge in [0.1, 0.15) is 5.75 Å². The van der Waals surface area contributed by atoms with Crippen LogP contribution in [0.3, 0.4) is 0 Å². The van der Waals surface area contributed by atoms with E-state index in [1.807, 2.05) is 37.3 Å². The monoisotopic (exact) mass is 474 g/mol. The van der Waals surface area contributed by atoms with Gasteiger partial charge in [-0.1, -0.05) is 35.3 Å². The van der Waals surface area contributed by atoms with E-state index < -0.39 is 0 Å². The summed E-state index contributed by atoms with van der Waals surface area (Å²) in [6, 6.07) is 19.2. The Bertz CT molecular complexity index is 1110. The molecule has 0 saturated carbocycles. The standard InChI is InChI=1S/C23H20Cl2N2O3S/c1-14(22(28)26-16-5-3-7-18(12-16)30-2)31-19-8-4-6-17(13-19)27-23(29)20-10-9-15(24)11-21(20)25/h3-14H,1-2H3,(H,26,28)(H,27,29). The third-order valence-electron chi connectivity index (χ3n) is 4.29. The van der Waals surface area contributed by atoms with Gasteiger partial charge in [-0.25, -0.2) is 0 Å². The second kappa shape index (κ2) is 10.6. The van der Waals surface area contributed by atoms with E-state index in [9.17, 15) is 9.59 Å². The van der Waals surface area contributed by atoms with Crippen molar-refractivity contribution in [2.24, 2.45) is 0 Å². The minimum atomic E-state index is -0.358. The molecule has 3 aromatic carbocycles. The van der Waals surface area contributed by atoms with Crippen LogP contribution in [0.2, 0.25) is 10.0 Å². The molecule has 3 rings (SSSR count). The van der Waals surface area contributed by atoms with Gasteiger partial charge in [-0.2, -0.15) is 0 Å². The van der Waals surface area contributed by atoms with Crippen LogP contribution in [-0.4, -0.2) is 24.2 Å². The number of nitrogens with one attached hydrogen (secondary N) is 2. The smallest absolute Gasteiger partial charge is 0.257 e. The zero-order chi connectivity index (χ0) is 22.4. The molecular weight excluding hydrogens is 455 g/mol. The Morgan fingerprint density at radius 3 is 2.35 bits per heavy atom. The zero-order valence-electron chi connectivity index (χ0n) is 16.8. The van der Waals surface area contributed by atoms with Crippen molar-refractivity contribution in [1.82, 2.24) is 0 Å². The Labute approximate surface area is 195 Å². The maximum Gasteiger partial charge on any atom is 0.257 e. The highest BCUT2D eigenvalue weighted by atomic mass is 35.5. The number of amides is 2. The topological polar surface area (TPSA) is 67.4 Å². The average Bonchev–Trinajstić information content (AvgIpc) is 2.74. The number of halogens is 2. The van der Waals surface area contributed by atoms with E-state index in [-0.39, 0.29) is 22.1 Å². The van der Waals surface area contributed by atoms with E-state index in [1.54, 1.807) is 37.4 Å². The average molecular weight is 475 g/mol. The number of methoxy groups -OCH3 is 1. The molecule has 3 aromatic rings. The molecule has 1 atom stereocenters. The Hall–Kier alpha value is -2.67. The molecule has 0 aliphatic rings. The molecule has 0 radical (unpaired) electrons. The Morgan fingerprint density at radius 2 is 1.65 bits per heavy atom. The molecule has 2 N–H and O–H groups in total. The van der Waals surface area contributed by atoms with Crippen molar-refractivity contribution in [3.05, 3.63) is 82.3 Å². The molecule has 0 spiro atoms. The largest absolute Gasteiger partial charge is 0.497 e. The second-order valence-corrected chi connectivity index (χ2v) is 8.85. The second-order valence-electron chi connectivity index (χ2n) is 6.59. The highest BCUT2D eigenvalue weighted by Gasteiger charge is 2.16. The molecule has 5 nitrogen and oxygen atoms in total. The predicted molar refractivity (Wildman–Crippen MR) is 128 cm³/mol. The Morgan fingerprint density at radius 1 is 0.935 bits per heavy atom. The third kappa shape index (κ3) is 6.40. The lowest BCUT2D eigenvalue weighted by atomic mass is 10.2. The van der Waals surface area contributed by atoms with Gasteiger partial charge in [-0.05, 0) is 55.5 Å². The number of hydrogen-bond donors (Lipinski definition) is 2. The number of rotatable bonds is 7. The van der Waals surface area contributed by atoms with Crippen molar-refractivity contribution in [3.8, 4) is 5.75 Å². The minimum absolute atomic E-state index is 0.138. The van der Waals surface area contributed by atoms with Crippen molar-refractivity contribution in [1.29, 1.82) is 0 Å². The molecule has 0 heterocycles. The van der Waals surface area contributed by atoms with E-state index in [1.165, 1.54) is 17.8 Å². The van der Waals surface area contributed by atoms with Gasteiger partial charge in [0.2, 0.25) is 5.91 Å². The van der Waals surface area contributed by atoms with E-state index >= 15 is 0 Å².